The number of hydrogen-bond acceptors (Lipinski definition) is 11. The third-order valence-corrected chi connectivity index (χ3v) is 12.0. The second-order valence-electron chi connectivity index (χ2n) is 17.9. The average molecular weight is 928 g/mol. The molecule has 1 N–H and O–H groups in total. The quantitative estimate of drug-likeness (QED) is 0.251. The van der Waals surface area contributed by atoms with Crippen LogP contribution in [0.25, 0.3) is 0 Å². The number of likely N-dealkylation sites (tertiary alicyclic amines) is 1. The van der Waals surface area contributed by atoms with Crippen LogP contribution >= 0.6 is 35.6 Å². The number of amides is 3. The first-order chi connectivity index (χ1) is 29.0. The minimum absolute atomic E-state index is 0. The Labute approximate surface area is 385 Å². The van der Waals surface area contributed by atoms with Crippen LogP contribution in [0.1, 0.15) is 57.6 Å². The van der Waals surface area contributed by atoms with E-state index < -0.39 is 5.60 Å². The number of rotatable bonds is 10. The van der Waals surface area contributed by atoms with Crippen molar-refractivity contribution in [1.82, 2.24) is 29.8 Å². The second kappa shape index (κ2) is 24.8. The van der Waals surface area contributed by atoms with E-state index in [1.54, 1.807) is 33.1 Å². The molecule has 4 heterocycles. The molecule has 2 aromatic carbocycles. The van der Waals surface area contributed by atoms with Crippen molar-refractivity contribution in [2.75, 3.05) is 93.9 Å². The molecule has 0 bridgehead atoms. The molecule has 0 aliphatic carbocycles. The number of morpholine rings is 2. The van der Waals surface area contributed by atoms with E-state index in [0.717, 1.165) is 68.2 Å². The number of piperidine rings is 2. The molecule has 62 heavy (non-hydrogen) atoms. The fourth-order valence-corrected chi connectivity index (χ4v) is 8.48. The highest BCUT2D eigenvalue weighted by molar-refractivity contribution is 6.30. The number of ether oxygens (including phenoxy) is 5. The van der Waals surface area contributed by atoms with Gasteiger partial charge < -0.3 is 43.7 Å². The van der Waals surface area contributed by atoms with Gasteiger partial charge in [-0.25, -0.2) is 14.4 Å². The van der Waals surface area contributed by atoms with Crippen molar-refractivity contribution >= 4 is 53.9 Å². The van der Waals surface area contributed by atoms with Gasteiger partial charge in [0.15, 0.2) is 0 Å². The molecular weight excluding hydrogens is 859 g/mol. The Morgan fingerprint density at radius 1 is 0.694 bits per heavy atom. The third-order valence-electron chi connectivity index (χ3n) is 11.5. The topological polar surface area (TPSA) is 126 Å². The third kappa shape index (κ3) is 16.5. The van der Waals surface area contributed by atoms with Crippen LogP contribution in [0.5, 0.6) is 0 Å². The second-order valence-corrected chi connectivity index (χ2v) is 18.8. The fraction of sp³-hybridized carbons (Fsp3) is 0.667. The molecule has 0 unspecified atom stereocenters. The maximum Gasteiger partial charge on any atom is 0.410 e. The lowest BCUT2D eigenvalue weighted by atomic mass is 9.96. The molecule has 6 rings (SSSR count). The van der Waals surface area contributed by atoms with E-state index in [1.165, 1.54) is 20.9 Å². The maximum absolute atomic E-state index is 12.5. The van der Waals surface area contributed by atoms with Gasteiger partial charge in [-0.15, -0.1) is 12.4 Å². The molecule has 0 aromatic heterocycles. The Balaban J connectivity index is 0.000000275. The van der Waals surface area contributed by atoms with E-state index in [4.69, 9.17) is 46.9 Å². The van der Waals surface area contributed by atoms with Crippen molar-refractivity contribution in [2.45, 2.75) is 101 Å². The zero-order chi connectivity index (χ0) is 44.1. The lowest BCUT2D eigenvalue weighted by Crippen LogP contribution is -2.58. The summed E-state index contributed by atoms with van der Waals surface area (Å²) in [6.07, 6.45) is 4.57. The summed E-state index contributed by atoms with van der Waals surface area (Å²) in [5, 5.41) is 4.92. The predicted octanol–water partition coefficient (Wildman–Crippen LogP) is 6.87. The van der Waals surface area contributed by atoms with Crippen LogP contribution in [-0.4, -0.2) is 179 Å². The van der Waals surface area contributed by atoms with Crippen LogP contribution in [-0.2, 0) is 36.5 Å². The zero-order valence-corrected chi connectivity index (χ0v) is 39.9. The molecule has 17 heteroatoms. The molecule has 3 amide bonds. The summed E-state index contributed by atoms with van der Waals surface area (Å²) in [6.45, 7) is 12.3. The molecule has 0 radical (unpaired) electrons. The van der Waals surface area contributed by atoms with E-state index in [0.29, 0.717) is 57.6 Å². The largest absolute Gasteiger partial charge is 0.447 e. The number of hydrogen-bond donors (Lipinski definition) is 1. The summed E-state index contributed by atoms with van der Waals surface area (Å²) in [6, 6.07) is 17.4. The molecule has 0 saturated carbocycles. The summed E-state index contributed by atoms with van der Waals surface area (Å²) in [4.78, 5) is 45.8. The van der Waals surface area contributed by atoms with Crippen LogP contribution in [0.3, 0.4) is 0 Å². The Morgan fingerprint density at radius 2 is 1.10 bits per heavy atom. The van der Waals surface area contributed by atoms with Gasteiger partial charge in [-0.3, -0.25) is 9.80 Å². The van der Waals surface area contributed by atoms with Gasteiger partial charge in [0, 0.05) is 88.6 Å². The van der Waals surface area contributed by atoms with Gasteiger partial charge in [0.05, 0.1) is 13.2 Å². The van der Waals surface area contributed by atoms with Gasteiger partial charge in [0.2, 0.25) is 0 Å². The van der Waals surface area contributed by atoms with Crippen LogP contribution < -0.4 is 5.32 Å². The van der Waals surface area contributed by atoms with Gasteiger partial charge >= 0.3 is 18.3 Å². The Hall–Kier alpha value is -3.08. The van der Waals surface area contributed by atoms with Gasteiger partial charge in [-0.2, -0.15) is 0 Å². The Kier molecular flexibility index (Phi) is 20.7. The number of carbonyl (C=O) groups is 3. The van der Waals surface area contributed by atoms with Crippen molar-refractivity contribution < 1.29 is 38.1 Å². The summed E-state index contributed by atoms with van der Waals surface area (Å²) in [7, 11) is 6.70. The first-order valence-electron chi connectivity index (χ1n) is 21.6. The Morgan fingerprint density at radius 3 is 1.48 bits per heavy atom. The molecule has 4 fully saturated rings. The predicted molar refractivity (Wildman–Crippen MR) is 245 cm³/mol. The molecule has 14 nitrogen and oxygen atoms in total. The molecule has 0 spiro atoms. The van der Waals surface area contributed by atoms with Gasteiger partial charge in [0.1, 0.15) is 31.0 Å². The average Bonchev–Trinajstić information content (AvgIpc) is 3.24. The van der Waals surface area contributed by atoms with Crippen LogP contribution in [0.2, 0.25) is 10.0 Å². The van der Waals surface area contributed by atoms with E-state index in [2.05, 4.69) is 39.4 Å². The minimum atomic E-state index is -0.501. The van der Waals surface area contributed by atoms with Crippen LogP contribution in [0.15, 0.2) is 48.5 Å². The summed E-state index contributed by atoms with van der Waals surface area (Å²) >= 11 is 12.1. The fourth-order valence-electron chi connectivity index (χ4n) is 8.22. The number of nitrogens with zero attached hydrogens (tertiary/aromatic N) is 5. The van der Waals surface area contributed by atoms with Crippen molar-refractivity contribution in [2.24, 2.45) is 0 Å². The zero-order valence-electron chi connectivity index (χ0n) is 37.6. The maximum atomic E-state index is 12.5. The number of halogens is 3. The van der Waals surface area contributed by atoms with Crippen molar-refractivity contribution in [3.8, 4) is 0 Å². The van der Waals surface area contributed by atoms with Gasteiger partial charge in [-0.1, -0.05) is 47.5 Å². The normalized spacial score (nSPS) is 23.0. The lowest BCUT2D eigenvalue weighted by Gasteiger charge is -2.46. The van der Waals surface area contributed by atoms with Crippen molar-refractivity contribution in [1.29, 1.82) is 0 Å². The first kappa shape index (κ1) is 51.6. The molecular formula is C45H69Cl3N6O8. The smallest absolute Gasteiger partial charge is 0.410 e. The van der Waals surface area contributed by atoms with Gasteiger partial charge in [0.25, 0.3) is 0 Å². The lowest BCUT2D eigenvalue weighted by molar-refractivity contribution is -0.104. The first-order valence-corrected chi connectivity index (χ1v) is 22.4. The summed E-state index contributed by atoms with van der Waals surface area (Å²) < 4.78 is 28.5. The van der Waals surface area contributed by atoms with Crippen molar-refractivity contribution in [3.63, 3.8) is 0 Å². The summed E-state index contributed by atoms with van der Waals surface area (Å²) in [5.74, 6) is 0. The van der Waals surface area contributed by atoms with E-state index in [-0.39, 0.29) is 55.5 Å². The molecule has 2 aromatic rings. The molecule has 4 aliphatic heterocycles. The highest BCUT2D eigenvalue weighted by Crippen LogP contribution is 2.28. The van der Waals surface area contributed by atoms with E-state index >= 15 is 0 Å². The van der Waals surface area contributed by atoms with Crippen LogP contribution in [0.4, 0.5) is 14.4 Å². The number of carbonyl (C=O) groups excluding carboxylic acids is 3. The highest BCUT2D eigenvalue weighted by Gasteiger charge is 2.38. The molecule has 348 valence electrons. The van der Waals surface area contributed by atoms with E-state index in [9.17, 15) is 14.4 Å². The van der Waals surface area contributed by atoms with Crippen LogP contribution in [0, 0.1) is 0 Å². The number of nitrogens with one attached hydrogen (secondary N) is 1. The molecule has 4 aliphatic rings. The SMILES string of the molecule is CN(C)C(=O)OC[C@H]1CN(C2CCN(C(=O)OC(C)(C)C)CC2)[C@@H](Cc2ccc(Cl)cc2)CO1.CN(C)C(=O)OC[C@H]1CN(C2CCNCC2)[C@@H](Cc2ccc(Cl)cc2)CO1.Cl. The van der Waals surface area contributed by atoms with Gasteiger partial charge in [-0.05, 0) is 108 Å². The number of benzene rings is 2. The highest BCUT2D eigenvalue weighted by atomic mass is 35.5. The van der Waals surface area contributed by atoms with Crippen molar-refractivity contribution in [3.05, 3.63) is 69.7 Å². The minimum Gasteiger partial charge on any atom is -0.447 e. The standard InChI is InChI=1S/C25H38ClN3O5.C20H30ClN3O3.ClH/c1-25(2,3)34-24(31)28-12-10-20(11-13-28)29-15-22(17-33-23(30)27(4)5)32-16-21(29)14-18-6-8-19(26)9-7-18;1-23(2)20(25)27-14-19-12-24(17-7-9-22-10-8-17)18(13-26-19)11-15-3-5-16(21)6-4-15;/h6-9,20-22H,10-17H2,1-5H3;3-6,17-19,22H,7-14H2,1-2H3;1H/t21-,22+;18-,19+;/m00./s1. The molecule has 4 saturated heterocycles. The Bertz CT molecular complexity index is 1670. The molecule has 4 atom stereocenters. The monoisotopic (exact) mass is 926 g/mol. The van der Waals surface area contributed by atoms with E-state index in [1.807, 2.05) is 45.0 Å². The summed E-state index contributed by atoms with van der Waals surface area (Å²) in [5.41, 5.74) is 1.97.